The maximum absolute atomic E-state index is 12.8. The van der Waals surface area contributed by atoms with Gasteiger partial charge in [-0.2, -0.15) is 0 Å². The first-order valence-corrected chi connectivity index (χ1v) is 10.4. The second kappa shape index (κ2) is 10.2. The number of carbonyl (C=O) groups is 1. The van der Waals surface area contributed by atoms with E-state index in [9.17, 15) is 4.79 Å². The van der Waals surface area contributed by atoms with Crippen molar-refractivity contribution in [1.29, 1.82) is 0 Å². The van der Waals surface area contributed by atoms with Crippen LogP contribution >= 0.6 is 23.2 Å². The molecule has 156 valence electrons. The van der Waals surface area contributed by atoms with Crippen molar-refractivity contribution in [3.63, 3.8) is 0 Å². The molecule has 0 saturated carbocycles. The molecule has 1 aliphatic heterocycles. The van der Waals surface area contributed by atoms with Crippen molar-refractivity contribution >= 4 is 29.1 Å². The molecule has 1 aliphatic rings. The fourth-order valence-corrected chi connectivity index (χ4v) is 4.26. The highest BCUT2D eigenvalue weighted by Gasteiger charge is 2.27. The Balaban J connectivity index is 1.62. The van der Waals surface area contributed by atoms with Gasteiger partial charge in [-0.25, -0.2) is 0 Å². The van der Waals surface area contributed by atoms with Crippen molar-refractivity contribution < 1.29 is 14.3 Å². The van der Waals surface area contributed by atoms with Gasteiger partial charge in [-0.3, -0.25) is 9.69 Å². The van der Waals surface area contributed by atoms with Crippen LogP contribution in [0.1, 0.15) is 24.0 Å². The van der Waals surface area contributed by atoms with Crippen LogP contribution in [-0.4, -0.2) is 38.1 Å². The molecule has 2 aromatic rings. The summed E-state index contributed by atoms with van der Waals surface area (Å²) in [7, 11) is 3.22. The van der Waals surface area contributed by atoms with E-state index >= 15 is 0 Å². The number of rotatable bonds is 7. The number of amides is 1. The molecule has 0 bridgehead atoms. The largest absolute Gasteiger partial charge is 0.496 e. The molecule has 0 spiro atoms. The molecule has 29 heavy (non-hydrogen) atoms. The Morgan fingerprint density at radius 3 is 2.31 bits per heavy atom. The lowest BCUT2D eigenvalue weighted by molar-refractivity contribution is -0.126. The molecule has 1 fully saturated rings. The quantitative estimate of drug-likeness (QED) is 0.691. The Morgan fingerprint density at radius 2 is 1.69 bits per heavy atom. The molecule has 3 rings (SSSR count). The Bertz CT molecular complexity index is 817. The van der Waals surface area contributed by atoms with Gasteiger partial charge in [-0.05, 0) is 43.7 Å². The number of halogens is 2. The first-order valence-electron chi connectivity index (χ1n) is 9.66. The van der Waals surface area contributed by atoms with Gasteiger partial charge in [0.15, 0.2) is 0 Å². The third kappa shape index (κ3) is 5.35. The molecule has 1 N–H and O–H groups in total. The summed E-state index contributed by atoms with van der Waals surface area (Å²) in [5.41, 5.74) is 1.75. The average molecular weight is 437 g/mol. The number of methoxy groups -OCH3 is 2. The van der Waals surface area contributed by atoms with Crippen LogP contribution in [0.5, 0.6) is 11.5 Å². The van der Waals surface area contributed by atoms with Crippen molar-refractivity contribution in [3.8, 4) is 11.5 Å². The average Bonchev–Trinajstić information content (AvgIpc) is 2.74. The summed E-state index contributed by atoms with van der Waals surface area (Å²) in [6.07, 6.45) is 1.82. The highest BCUT2D eigenvalue weighted by Crippen LogP contribution is 2.29. The lowest BCUT2D eigenvalue weighted by Crippen LogP contribution is -2.42. The van der Waals surface area contributed by atoms with Crippen LogP contribution in [0.15, 0.2) is 36.4 Å². The first-order chi connectivity index (χ1) is 14.0. The number of nitrogens with one attached hydrogen (secondary N) is 1. The van der Waals surface area contributed by atoms with E-state index in [2.05, 4.69) is 10.2 Å². The number of benzene rings is 2. The molecule has 0 aliphatic carbocycles. The summed E-state index contributed by atoms with van der Waals surface area (Å²) >= 11 is 12.6. The fraction of sp³-hybridized carbons (Fsp3) is 0.409. The van der Waals surface area contributed by atoms with Gasteiger partial charge in [0.2, 0.25) is 5.91 Å². The molecule has 1 heterocycles. The minimum Gasteiger partial charge on any atom is -0.496 e. The molecular formula is C22H26Cl2N2O3. The number of hydrogen-bond acceptors (Lipinski definition) is 4. The molecule has 2 aromatic carbocycles. The topological polar surface area (TPSA) is 50.8 Å². The zero-order valence-electron chi connectivity index (χ0n) is 16.7. The van der Waals surface area contributed by atoms with Gasteiger partial charge in [0.05, 0.1) is 32.2 Å². The molecule has 1 saturated heterocycles. The monoisotopic (exact) mass is 436 g/mol. The van der Waals surface area contributed by atoms with Gasteiger partial charge < -0.3 is 14.8 Å². The minimum absolute atomic E-state index is 0.0351. The number of hydrogen-bond donors (Lipinski definition) is 1. The zero-order valence-corrected chi connectivity index (χ0v) is 18.2. The summed E-state index contributed by atoms with van der Waals surface area (Å²) in [4.78, 5) is 15.1. The van der Waals surface area contributed by atoms with Crippen molar-refractivity contribution in [2.45, 2.75) is 25.9 Å². The molecule has 1 atom stereocenters. The second-order valence-electron chi connectivity index (χ2n) is 7.13. The predicted molar refractivity (Wildman–Crippen MR) is 116 cm³/mol. The minimum atomic E-state index is -0.0780. The lowest BCUT2D eigenvalue weighted by atomic mass is 9.96. The Hall–Kier alpha value is -1.95. The van der Waals surface area contributed by atoms with Crippen LogP contribution in [0.25, 0.3) is 0 Å². The van der Waals surface area contributed by atoms with Crippen LogP contribution in [0, 0.1) is 5.92 Å². The van der Waals surface area contributed by atoms with Crippen molar-refractivity contribution in [2.75, 3.05) is 27.3 Å². The molecule has 5 nitrogen and oxygen atoms in total. The normalized spacial score (nSPS) is 17.0. The predicted octanol–water partition coefficient (Wildman–Crippen LogP) is 4.54. The maximum Gasteiger partial charge on any atom is 0.224 e. The molecular weight excluding hydrogens is 411 g/mol. The number of nitrogens with zero attached hydrogens (tertiary/aromatic N) is 1. The molecule has 1 amide bonds. The summed E-state index contributed by atoms with van der Waals surface area (Å²) < 4.78 is 10.8. The Morgan fingerprint density at radius 1 is 1.07 bits per heavy atom. The van der Waals surface area contributed by atoms with E-state index in [1.54, 1.807) is 14.2 Å². The van der Waals surface area contributed by atoms with Gasteiger partial charge in [0, 0.05) is 28.7 Å². The Labute approximate surface area is 181 Å². The summed E-state index contributed by atoms with van der Waals surface area (Å²) in [6, 6.07) is 11.1. The van der Waals surface area contributed by atoms with Gasteiger partial charge in [0.1, 0.15) is 11.5 Å². The van der Waals surface area contributed by atoms with Crippen LogP contribution in [0.2, 0.25) is 10.0 Å². The number of piperidine rings is 1. The van der Waals surface area contributed by atoms with E-state index in [1.807, 2.05) is 36.4 Å². The third-order valence-electron chi connectivity index (χ3n) is 5.29. The van der Waals surface area contributed by atoms with Crippen molar-refractivity contribution in [1.82, 2.24) is 10.2 Å². The molecule has 0 unspecified atom stereocenters. The first kappa shape index (κ1) is 21.8. The van der Waals surface area contributed by atoms with E-state index in [-0.39, 0.29) is 11.8 Å². The maximum atomic E-state index is 12.8. The second-order valence-corrected chi connectivity index (χ2v) is 7.95. The molecule has 0 radical (unpaired) electrons. The number of carbonyl (C=O) groups excluding carboxylic acids is 1. The highest BCUT2D eigenvalue weighted by atomic mass is 35.5. The lowest BCUT2D eigenvalue weighted by Gasteiger charge is -2.32. The molecule has 0 aromatic heterocycles. The van der Waals surface area contributed by atoms with Gasteiger partial charge in [-0.15, -0.1) is 0 Å². The van der Waals surface area contributed by atoms with Crippen LogP contribution in [0.4, 0.5) is 0 Å². The summed E-state index contributed by atoms with van der Waals surface area (Å²) in [5, 5.41) is 4.37. The van der Waals surface area contributed by atoms with Gasteiger partial charge in [-0.1, -0.05) is 35.3 Å². The van der Waals surface area contributed by atoms with Crippen LogP contribution in [-0.2, 0) is 17.9 Å². The zero-order chi connectivity index (χ0) is 20.8. The number of likely N-dealkylation sites (tertiary alicyclic amines) is 1. The summed E-state index contributed by atoms with van der Waals surface area (Å²) in [6.45, 7) is 2.60. The van der Waals surface area contributed by atoms with Crippen molar-refractivity contribution in [2.24, 2.45) is 5.92 Å². The van der Waals surface area contributed by atoms with Gasteiger partial charge in [0.25, 0.3) is 0 Å². The van der Waals surface area contributed by atoms with Crippen molar-refractivity contribution in [3.05, 3.63) is 57.6 Å². The smallest absolute Gasteiger partial charge is 0.224 e. The van der Waals surface area contributed by atoms with Crippen LogP contribution < -0.4 is 14.8 Å². The standard InChI is InChI=1S/C22H26Cl2N2O3/c1-28-20-9-4-10-21(29-2)16(20)12-25-22(27)15-6-5-11-26(13-15)14-17-18(23)7-3-8-19(17)24/h3-4,7-10,15H,5-6,11-14H2,1-2H3,(H,25,27)/t15-/m1/s1. The summed E-state index contributed by atoms with van der Waals surface area (Å²) in [5.74, 6) is 1.35. The van der Waals surface area contributed by atoms with E-state index in [0.717, 1.165) is 30.5 Å². The van der Waals surface area contributed by atoms with E-state index in [4.69, 9.17) is 32.7 Å². The molecule has 7 heteroatoms. The fourth-order valence-electron chi connectivity index (χ4n) is 3.74. The highest BCUT2D eigenvalue weighted by molar-refractivity contribution is 6.35. The number of ether oxygens (including phenoxy) is 2. The van der Waals surface area contributed by atoms with E-state index in [0.29, 0.717) is 41.2 Å². The third-order valence-corrected chi connectivity index (χ3v) is 6.00. The van der Waals surface area contributed by atoms with Gasteiger partial charge >= 0.3 is 0 Å². The SMILES string of the molecule is COc1cccc(OC)c1CNC(=O)[C@@H]1CCCN(Cc2c(Cl)cccc2Cl)C1. The van der Waals surface area contributed by atoms with Crippen LogP contribution in [0.3, 0.4) is 0 Å². The van der Waals surface area contributed by atoms with E-state index < -0.39 is 0 Å². The van der Waals surface area contributed by atoms with E-state index in [1.165, 1.54) is 0 Å². The Kier molecular flexibility index (Phi) is 7.64.